The lowest BCUT2D eigenvalue weighted by atomic mass is 9.64. The van der Waals surface area contributed by atoms with Gasteiger partial charge >= 0.3 is 0 Å². The van der Waals surface area contributed by atoms with Crippen LogP contribution in [0, 0.1) is 11.3 Å². The van der Waals surface area contributed by atoms with Crippen LogP contribution in [-0.2, 0) is 5.54 Å². The van der Waals surface area contributed by atoms with Gasteiger partial charge in [-0.3, -0.25) is 4.99 Å². The van der Waals surface area contributed by atoms with Crippen molar-refractivity contribution in [2.75, 3.05) is 5.75 Å². The Morgan fingerprint density at radius 1 is 1.23 bits per heavy atom. The summed E-state index contributed by atoms with van der Waals surface area (Å²) in [5.74, 6) is 2.81. The Morgan fingerprint density at radius 3 is 2.62 bits per heavy atom. The topological polar surface area (TPSA) is 47.6 Å². The van der Waals surface area contributed by atoms with Gasteiger partial charge in [-0.15, -0.1) is 0 Å². The largest absolute Gasteiger partial charge is 0.487 e. The zero-order valence-electron chi connectivity index (χ0n) is 16.0. The van der Waals surface area contributed by atoms with Crippen LogP contribution in [-0.4, -0.2) is 16.5 Å². The van der Waals surface area contributed by atoms with Crippen LogP contribution in [0.15, 0.2) is 27.7 Å². The molecule has 3 aliphatic rings. The van der Waals surface area contributed by atoms with Crippen LogP contribution in [0.4, 0.5) is 0 Å². The van der Waals surface area contributed by atoms with Gasteiger partial charge in [0.2, 0.25) is 0 Å². The maximum absolute atomic E-state index is 6.70. The third kappa shape index (κ3) is 3.30. The number of amidine groups is 1. The van der Waals surface area contributed by atoms with E-state index in [1.54, 1.807) is 11.8 Å². The molecule has 1 unspecified atom stereocenters. The third-order valence-corrected chi connectivity index (χ3v) is 7.88. The standard InChI is InChI=1S/C21H29BrN2OS/c1-19(2,3)14-6-8-20(9-7-14)13-21(10-11-26-18(23)24-21)16-12-15(22)4-5-17(16)25-20/h4-5,12,14H,6-11,13H2,1-3H3,(H2,23,24). The lowest BCUT2D eigenvalue weighted by Crippen LogP contribution is -2.51. The summed E-state index contributed by atoms with van der Waals surface area (Å²) in [4.78, 5) is 5.03. The molecule has 2 aliphatic heterocycles. The van der Waals surface area contributed by atoms with E-state index < -0.39 is 0 Å². The summed E-state index contributed by atoms with van der Waals surface area (Å²) in [6, 6.07) is 6.39. The van der Waals surface area contributed by atoms with E-state index in [2.05, 4.69) is 54.9 Å². The van der Waals surface area contributed by atoms with Gasteiger partial charge in [0.25, 0.3) is 0 Å². The molecule has 0 amide bonds. The molecule has 2 spiro atoms. The highest BCUT2D eigenvalue weighted by molar-refractivity contribution is 9.10. The van der Waals surface area contributed by atoms with Gasteiger partial charge in [0.05, 0.1) is 5.54 Å². The fourth-order valence-corrected chi connectivity index (χ4v) is 6.34. The number of aliphatic imine (C=N–C) groups is 1. The number of halogens is 1. The molecule has 1 saturated carbocycles. The van der Waals surface area contributed by atoms with Crippen molar-refractivity contribution < 1.29 is 4.74 Å². The second-order valence-corrected chi connectivity index (χ2v) is 11.4. The van der Waals surface area contributed by atoms with Gasteiger partial charge < -0.3 is 10.5 Å². The smallest absolute Gasteiger partial charge is 0.154 e. The first-order valence-electron chi connectivity index (χ1n) is 9.69. The summed E-state index contributed by atoms with van der Waals surface area (Å²) >= 11 is 5.31. The lowest BCUT2D eigenvalue weighted by Gasteiger charge is -2.51. The van der Waals surface area contributed by atoms with Crippen molar-refractivity contribution in [3.8, 4) is 5.75 Å². The third-order valence-electron chi connectivity index (χ3n) is 6.60. The molecule has 5 heteroatoms. The maximum atomic E-state index is 6.70. The van der Waals surface area contributed by atoms with Crippen LogP contribution < -0.4 is 10.5 Å². The normalized spacial score (nSPS) is 34.3. The van der Waals surface area contributed by atoms with Crippen LogP contribution in [0.1, 0.15) is 64.9 Å². The number of hydrogen-bond donors (Lipinski definition) is 1. The fraction of sp³-hybridized carbons (Fsp3) is 0.667. The Labute approximate surface area is 169 Å². The Morgan fingerprint density at radius 2 is 1.96 bits per heavy atom. The monoisotopic (exact) mass is 436 g/mol. The molecular weight excluding hydrogens is 408 g/mol. The summed E-state index contributed by atoms with van der Waals surface area (Å²) in [5, 5.41) is 0.725. The molecule has 0 aromatic heterocycles. The highest BCUT2D eigenvalue weighted by Crippen LogP contribution is 2.55. The van der Waals surface area contributed by atoms with Crippen LogP contribution in [0.25, 0.3) is 0 Å². The molecule has 2 heterocycles. The summed E-state index contributed by atoms with van der Waals surface area (Å²) < 4.78 is 7.78. The predicted molar refractivity (Wildman–Crippen MR) is 114 cm³/mol. The first-order valence-corrected chi connectivity index (χ1v) is 11.5. The lowest BCUT2D eigenvalue weighted by molar-refractivity contribution is -0.0414. The van der Waals surface area contributed by atoms with Gasteiger partial charge in [0.15, 0.2) is 5.17 Å². The van der Waals surface area contributed by atoms with Crippen LogP contribution in [0.3, 0.4) is 0 Å². The van der Waals surface area contributed by atoms with E-state index in [1.165, 1.54) is 18.4 Å². The Bertz CT molecular complexity index is 734. The van der Waals surface area contributed by atoms with Gasteiger partial charge in [-0.2, -0.15) is 0 Å². The Kier molecular flexibility index (Phi) is 4.62. The second-order valence-electron chi connectivity index (χ2n) is 9.32. The molecule has 0 saturated heterocycles. The molecule has 2 N–H and O–H groups in total. The highest BCUT2D eigenvalue weighted by atomic mass is 79.9. The molecule has 1 aliphatic carbocycles. The van der Waals surface area contributed by atoms with E-state index in [0.717, 1.165) is 52.7 Å². The number of ether oxygens (including phenoxy) is 1. The number of thioether (sulfide) groups is 1. The van der Waals surface area contributed by atoms with Crippen molar-refractivity contribution in [2.45, 2.75) is 70.4 Å². The fourth-order valence-electron chi connectivity index (χ4n) is 5.09. The molecule has 142 valence electrons. The first kappa shape index (κ1) is 18.7. The number of benzene rings is 1. The molecule has 3 nitrogen and oxygen atoms in total. The van der Waals surface area contributed by atoms with Gasteiger partial charge in [0.1, 0.15) is 11.4 Å². The van der Waals surface area contributed by atoms with Gasteiger partial charge in [-0.25, -0.2) is 0 Å². The quantitative estimate of drug-likeness (QED) is 0.554. The van der Waals surface area contributed by atoms with Gasteiger partial charge in [0, 0.05) is 22.2 Å². The zero-order valence-corrected chi connectivity index (χ0v) is 18.4. The number of fused-ring (bicyclic) bond motifs is 2. The molecular formula is C21H29BrN2OS. The average Bonchev–Trinajstić information content (AvgIpc) is 2.55. The second kappa shape index (κ2) is 6.44. The van der Waals surface area contributed by atoms with Gasteiger partial charge in [-0.1, -0.05) is 48.5 Å². The van der Waals surface area contributed by atoms with E-state index in [1.807, 2.05) is 0 Å². The van der Waals surface area contributed by atoms with Crippen LogP contribution >= 0.6 is 27.7 Å². The SMILES string of the molecule is CC(C)(C)C1CCC2(CC1)CC1(CCSC(N)=N1)c1cc(Br)ccc1O2. The minimum atomic E-state index is -0.221. The molecule has 1 aromatic rings. The molecule has 26 heavy (non-hydrogen) atoms. The summed E-state index contributed by atoms with van der Waals surface area (Å²) in [6.07, 6.45) is 6.71. The van der Waals surface area contributed by atoms with Crippen LogP contribution in [0.5, 0.6) is 5.75 Å². The molecule has 0 radical (unpaired) electrons. The van der Waals surface area contributed by atoms with E-state index >= 15 is 0 Å². The van der Waals surface area contributed by atoms with Crippen molar-refractivity contribution in [3.63, 3.8) is 0 Å². The molecule has 1 atom stereocenters. The van der Waals surface area contributed by atoms with Crippen molar-refractivity contribution in [1.82, 2.24) is 0 Å². The van der Waals surface area contributed by atoms with E-state index in [9.17, 15) is 0 Å². The van der Waals surface area contributed by atoms with E-state index in [4.69, 9.17) is 15.5 Å². The zero-order chi connectivity index (χ0) is 18.6. The number of nitrogens with two attached hydrogens (primary N) is 1. The van der Waals surface area contributed by atoms with Crippen molar-refractivity contribution in [3.05, 3.63) is 28.2 Å². The average molecular weight is 437 g/mol. The van der Waals surface area contributed by atoms with Crippen molar-refractivity contribution in [1.29, 1.82) is 0 Å². The molecule has 1 fully saturated rings. The molecule has 1 aromatic carbocycles. The summed E-state index contributed by atoms with van der Waals surface area (Å²) in [7, 11) is 0. The van der Waals surface area contributed by atoms with Gasteiger partial charge in [-0.05, 0) is 61.6 Å². The first-order chi connectivity index (χ1) is 12.2. The number of nitrogens with zero attached hydrogens (tertiary/aromatic N) is 1. The predicted octanol–water partition coefficient (Wildman–Crippen LogP) is 5.85. The van der Waals surface area contributed by atoms with Crippen LogP contribution in [0.2, 0.25) is 0 Å². The van der Waals surface area contributed by atoms with E-state index in [0.29, 0.717) is 5.41 Å². The summed E-state index contributed by atoms with van der Waals surface area (Å²) in [5.41, 5.74) is 7.47. The molecule has 0 bridgehead atoms. The van der Waals surface area contributed by atoms with Crippen molar-refractivity contribution in [2.24, 2.45) is 22.1 Å². The highest BCUT2D eigenvalue weighted by Gasteiger charge is 2.52. The number of rotatable bonds is 0. The van der Waals surface area contributed by atoms with Crippen molar-refractivity contribution >= 4 is 32.9 Å². The summed E-state index contributed by atoms with van der Waals surface area (Å²) in [6.45, 7) is 7.11. The Balaban J connectivity index is 1.71. The maximum Gasteiger partial charge on any atom is 0.154 e. The number of hydrogen-bond acceptors (Lipinski definition) is 4. The van der Waals surface area contributed by atoms with E-state index in [-0.39, 0.29) is 11.1 Å². The Hall–Kier alpha value is -0.680. The minimum absolute atomic E-state index is 0.0889. The minimum Gasteiger partial charge on any atom is -0.487 e. The molecule has 4 rings (SSSR count).